The van der Waals surface area contributed by atoms with Gasteiger partial charge in [0.15, 0.2) is 0 Å². The number of ether oxygens (including phenoxy) is 1. The number of aliphatic hydroxyl groups is 1. The largest absolute Gasteiger partial charge is 0.394 e. The van der Waals surface area contributed by atoms with Crippen LogP contribution in [0.2, 0.25) is 0 Å². The van der Waals surface area contributed by atoms with Gasteiger partial charge in [0.25, 0.3) is 0 Å². The van der Waals surface area contributed by atoms with E-state index in [1.165, 1.54) is 0 Å². The molecule has 0 saturated carbocycles. The van der Waals surface area contributed by atoms with Crippen molar-refractivity contribution in [3.63, 3.8) is 0 Å². The van der Waals surface area contributed by atoms with Crippen LogP contribution in [-0.4, -0.2) is 94.1 Å². The molecule has 2 unspecified atom stereocenters. The second-order valence-corrected chi connectivity index (χ2v) is 11.1. The zero-order valence-corrected chi connectivity index (χ0v) is 23.2. The van der Waals surface area contributed by atoms with Crippen LogP contribution in [0.1, 0.15) is 66.2 Å². The minimum atomic E-state index is -1.06. The Morgan fingerprint density at radius 3 is 2.30 bits per heavy atom. The first-order chi connectivity index (χ1) is 17.7. The fourth-order valence-electron chi connectivity index (χ4n) is 6.73. The SMILES string of the molecule is C=CCN(CCCCC)C(=O)C1N([C@@H](CO)C(C)C)C(=O)[C@@H]2[C@@H](C(=O)N(CC=C)CCC)[C@H]3CCC12O3. The van der Waals surface area contributed by atoms with Crippen LogP contribution in [0.3, 0.4) is 0 Å². The number of hydrogen-bond acceptors (Lipinski definition) is 5. The molecule has 3 aliphatic rings. The molecule has 0 aliphatic carbocycles. The Morgan fingerprint density at radius 2 is 1.76 bits per heavy atom. The summed E-state index contributed by atoms with van der Waals surface area (Å²) in [6, 6.07) is -1.41. The summed E-state index contributed by atoms with van der Waals surface area (Å²) in [6.45, 7) is 17.3. The molecule has 1 N–H and O–H groups in total. The monoisotopic (exact) mass is 517 g/mol. The number of fused-ring (bicyclic) bond motifs is 1. The summed E-state index contributed by atoms with van der Waals surface area (Å²) in [5.41, 5.74) is -1.06. The third-order valence-corrected chi connectivity index (χ3v) is 8.42. The van der Waals surface area contributed by atoms with Crippen molar-refractivity contribution < 1.29 is 24.2 Å². The Labute approximate surface area is 222 Å². The van der Waals surface area contributed by atoms with E-state index in [-0.39, 0.29) is 36.4 Å². The molecule has 37 heavy (non-hydrogen) atoms. The molecule has 0 aromatic heterocycles. The van der Waals surface area contributed by atoms with Crippen LogP contribution < -0.4 is 0 Å². The quantitative estimate of drug-likeness (QED) is 0.266. The fraction of sp³-hybridized carbons (Fsp3) is 0.759. The van der Waals surface area contributed by atoms with Crippen LogP contribution in [0, 0.1) is 17.8 Å². The number of nitrogens with zero attached hydrogens (tertiary/aromatic N) is 3. The summed E-state index contributed by atoms with van der Waals surface area (Å²) < 4.78 is 6.60. The summed E-state index contributed by atoms with van der Waals surface area (Å²) in [5, 5.41) is 10.4. The molecule has 3 fully saturated rings. The van der Waals surface area contributed by atoms with Gasteiger partial charge in [-0.05, 0) is 31.6 Å². The number of amides is 3. The van der Waals surface area contributed by atoms with E-state index >= 15 is 0 Å². The lowest BCUT2D eigenvalue weighted by atomic mass is 9.70. The number of unbranched alkanes of at least 4 members (excludes halogenated alkanes) is 2. The highest BCUT2D eigenvalue weighted by molar-refractivity contribution is 5.99. The van der Waals surface area contributed by atoms with Crippen molar-refractivity contribution in [3.05, 3.63) is 25.3 Å². The summed E-state index contributed by atoms with van der Waals surface area (Å²) >= 11 is 0. The lowest BCUT2D eigenvalue weighted by molar-refractivity contribution is -0.152. The number of carbonyl (C=O) groups is 3. The lowest BCUT2D eigenvalue weighted by Crippen LogP contribution is -2.59. The van der Waals surface area contributed by atoms with E-state index in [0.29, 0.717) is 39.0 Å². The second kappa shape index (κ2) is 12.6. The first kappa shape index (κ1) is 29.4. The highest BCUT2D eigenvalue weighted by Gasteiger charge is 2.75. The molecule has 3 heterocycles. The van der Waals surface area contributed by atoms with Crippen molar-refractivity contribution in [1.82, 2.24) is 14.7 Å². The van der Waals surface area contributed by atoms with Gasteiger partial charge >= 0.3 is 0 Å². The molecule has 3 rings (SSSR count). The maximum atomic E-state index is 14.3. The van der Waals surface area contributed by atoms with E-state index in [0.717, 1.165) is 25.7 Å². The predicted molar refractivity (Wildman–Crippen MR) is 144 cm³/mol. The van der Waals surface area contributed by atoms with E-state index in [9.17, 15) is 19.5 Å². The maximum Gasteiger partial charge on any atom is 0.248 e. The average molecular weight is 518 g/mol. The Bertz CT molecular complexity index is 860. The molecule has 8 heteroatoms. The zero-order chi connectivity index (χ0) is 27.3. The van der Waals surface area contributed by atoms with Crippen LogP contribution in [0.4, 0.5) is 0 Å². The summed E-state index contributed by atoms with van der Waals surface area (Å²) in [7, 11) is 0. The summed E-state index contributed by atoms with van der Waals surface area (Å²) in [4.78, 5) is 47.5. The Hall–Kier alpha value is -2.19. The van der Waals surface area contributed by atoms with Gasteiger partial charge in [-0.15, -0.1) is 13.2 Å². The molecule has 1 spiro atoms. The van der Waals surface area contributed by atoms with E-state index < -0.39 is 29.5 Å². The smallest absolute Gasteiger partial charge is 0.248 e. The highest BCUT2D eigenvalue weighted by Crippen LogP contribution is 2.59. The topological polar surface area (TPSA) is 90.4 Å². The van der Waals surface area contributed by atoms with Crippen LogP contribution in [0.5, 0.6) is 0 Å². The number of likely N-dealkylation sites (tertiary alicyclic amines) is 1. The lowest BCUT2D eigenvalue weighted by Gasteiger charge is -2.40. The molecular formula is C29H47N3O5. The molecule has 8 nitrogen and oxygen atoms in total. The molecule has 3 amide bonds. The van der Waals surface area contributed by atoms with Gasteiger partial charge in [0.1, 0.15) is 11.6 Å². The van der Waals surface area contributed by atoms with Gasteiger partial charge in [0.2, 0.25) is 17.7 Å². The van der Waals surface area contributed by atoms with Gasteiger partial charge in [-0.25, -0.2) is 0 Å². The zero-order valence-electron chi connectivity index (χ0n) is 23.2. The maximum absolute atomic E-state index is 14.3. The number of rotatable bonds is 15. The predicted octanol–water partition coefficient (Wildman–Crippen LogP) is 3.01. The first-order valence-electron chi connectivity index (χ1n) is 14.1. The Balaban J connectivity index is 2.06. The van der Waals surface area contributed by atoms with Gasteiger partial charge in [0, 0.05) is 26.2 Å². The minimum Gasteiger partial charge on any atom is -0.394 e. The van der Waals surface area contributed by atoms with Gasteiger partial charge < -0.3 is 24.5 Å². The molecule has 2 bridgehead atoms. The van der Waals surface area contributed by atoms with E-state index in [1.807, 2.05) is 20.8 Å². The number of aliphatic hydroxyl groups excluding tert-OH is 1. The van der Waals surface area contributed by atoms with Crippen molar-refractivity contribution >= 4 is 17.7 Å². The van der Waals surface area contributed by atoms with Crippen LogP contribution in [0.15, 0.2) is 25.3 Å². The van der Waals surface area contributed by atoms with Gasteiger partial charge in [-0.1, -0.05) is 52.7 Å². The second-order valence-electron chi connectivity index (χ2n) is 11.1. The molecule has 0 radical (unpaired) electrons. The third kappa shape index (κ3) is 5.24. The van der Waals surface area contributed by atoms with E-state index in [1.54, 1.807) is 26.9 Å². The summed E-state index contributed by atoms with van der Waals surface area (Å²) in [5.74, 6) is -1.95. The molecule has 0 aromatic carbocycles. The standard InChI is InChI=1S/C29H47N3O5/c1-7-11-12-18-31(17-10-4)28(36)25-29-14-13-22(37-29)23(26(34)30(15-8-2)16-9-3)24(29)27(35)32(25)21(19-33)20(5)6/h8,10,20-25,33H,2,4,7,9,11-19H2,1,3,5-6H3/t21-,22+,23-,24-,25?,29?/m0/s1. The Morgan fingerprint density at radius 1 is 1.11 bits per heavy atom. The molecule has 0 aromatic rings. The van der Waals surface area contributed by atoms with Crippen LogP contribution in [-0.2, 0) is 19.1 Å². The van der Waals surface area contributed by atoms with Crippen molar-refractivity contribution in [2.45, 2.75) is 90.0 Å². The van der Waals surface area contributed by atoms with Crippen molar-refractivity contribution in [2.75, 3.05) is 32.8 Å². The van der Waals surface area contributed by atoms with Crippen LogP contribution in [0.25, 0.3) is 0 Å². The van der Waals surface area contributed by atoms with Crippen molar-refractivity contribution in [1.29, 1.82) is 0 Å². The number of carbonyl (C=O) groups excluding carboxylic acids is 3. The molecular weight excluding hydrogens is 470 g/mol. The van der Waals surface area contributed by atoms with Gasteiger partial charge in [-0.2, -0.15) is 0 Å². The van der Waals surface area contributed by atoms with Crippen LogP contribution >= 0.6 is 0 Å². The van der Waals surface area contributed by atoms with Gasteiger partial charge in [-0.3, -0.25) is 14.4 Å². The average Bonchev–Trinajstić information content (AvgIpc) is 3.51. The fourth-order valence-corrected chi connectivity index (χ4v) is 6.73. The molecule has 208 valence electrons. The van der Waals surface area contributed by atoms with Gasteiger partial charge in [0.05, 0.1) is 30.6 Å². The molecule has 3 aliphatic heterocycles. The minimum absolute atomic E-state index is 0.0730. The highest BCUT2D eigenvalue weighted by atomic mass is 16.5. The Kier molecular flexibility index (Phi) is 9.98. The normalized spacial score (nSPS) is 28.9. The van der Waals surface area contributed by atoms with E-state index in [4.69, 9.17) is 4.74 Å². The molecule has 3 saturated heterocycles. The number of hydrogen-bond donors (Lipinski definition) is 1. The van der Waals surface area contributed by atoms with Crippen molar-refractivity contribution in [3.8, 4) is 0 Å². The van der Waals surface area contributed by atoms with Crippen molar-refractivity contribution in [2.24, 2.45) is 17.8 Å². The third-order valence-electron chi connectivity index (χ3n) is 8.42. The first-order valence-corrected chi connectivity index (χ1v) is 14.1. The molecule has 6 atom stereocenters. The van der Waals surface area contributed by atoms with E-state index in [2.05, 4.69) is 20.1 Å². The summed E-state index contributed by atoms with van der Waals surface area (Å²) in [6.07, 6.45) is 7.90.